The first-order valence-electron chi connectivity index (χ1n) is 25.5. The average molecular weight is 901 g/mol. The van der Waals surface area contributed by atoms with Crippen molar-refractivity contribution in [3.63, 3.8) is 0 Å². The van der Waals surface area contributed by atoms with Gasteiger partial charge in [-0.25, -0.2) is 4.79 Å². The summed E-state index contributed by atoms with van der Waals surface area (Å²) in [4.78, 5) is 29.4. The van der Waals surface area contributed by atoms with E-state index in [0.29, 0.717) is 47.0 Å². The number of likely N-dealkylation sites (tertiary alicyclic amines) is 1. The van der Waals surface area contributed by atoms with Crippen LogP contribution >= 0.6 is 0 Å². The molecule has 11 nitrogen and oxygen atoms in total. The lowest BCUT2D eigenvalue weighted by atomic mass is 9.41. The highest BCUT2D eigenvalue weighted by atomic mass is 28.4. The fourth-order valence-electron chi connectivity index (χ4n) is 16.7. The van der Waals surface area contributed by atoms with E-state index in [9.17, 15) is 14.7 Å². The first-order valence-corrected chi connectivity index (χ1v) is 28.1. The second-order valence-corrected chi connectivity index (χ2v) is 29.7. The Balaban J connectivity index is 1.01. The van der Waals surface area contributed by atoms with Crippen molar-refractivity contribution in [2.75, 3.05) is 39.3 Å². The molecule has 0 aromatic carbocycles. The zero-order chi connectivity index (χ0) is 45.9. The molecule has 3 saturated heterocycles. The third-order valence-corrected chi connectivity index (χ3v) is 24.5. The molecule has 0 radical (unpaired) electrons. The summed E-state index contributed by atoms with van der Waals surface area (Å²) in [5.74, 6) is 1.86. The van der Waals surface area contributed by atoms with E-state index in [0.717, 1.165) is 63.7 Å². The van der Waals surface area contributed by atoms with Crippen LogP contribution in [-0.4, -0.2) is 123 Å². The van der Waals surface area contributed by atoms with Crippen LogP contribution in [0.2, 0.25) is 18.1 Å². The van der Waals surface area contributed by atoms with E-state index >= 15 is 0 Å². The topological polar surface area (TPSA) is 116 Å². The number of carbonyl (C=O) groups excluding carboxylic acids is 2. The molecule has 1 amide bonds. The van der Waals surface area contributed by atoms with Crippen molar-refractivity contribution in [2.24, 2.45) is 56.7 Å². The summed E-state index contributed by atoms with van der Waals surface area (Å²) in [5, 5.41) is 11.4. The van der Waals surface area contributed by atoms with Crippen LogP contribution < -0.4 is 0 Å². The maximum atomic E-state index is 12.6. The Labute approximate surface area is 382 Å². The van der Waals surface area contributed by atoms with Gasteiger partial charge in [-0.1, -0.05) is 55.4 Å². The van der Waals surface area contributed by atoms with Crippen molar-refractivity contribution < 1.29 is 42.8 Å². The van der Waals surface area contributed by atoms with E-state index in [1.165, 1.54) is 45.4 Å². The van der Waals surface area contributed by atoms with Gasteiger partial charge in [0.1, 0.15) is 5.60 Å². The summed E-state index contributed by atoms with van der Waals surface area (Å²) in [5.41, 5.74) is -1.13. The van der Waals surface area contributed by atoms with E-state index in [1.54, 1.807) is 13.8 Å². The molecule has 5 aliphatic carbocycles. The van der Waals surface area contributed by atoms with Gasteiger partial charge < -0.3 is 38.1 Å². The molecule has 3 heterocycles. The zero-order valence-corrected chi connectivity index (χ0v) is 43.0. The fourth-order valence-corrected chi connectivity index (χ4v) is 19.6. The summed E-state index contributed by atoms with van der Waals surface area (Å²) in [6.45, 7) is 35.3. The predicted molar refractivity (Wildman–Crippen MR) is 246 cm³/mol. The van der Waals surface area contributed by atoms with Crippen molar-refractivity contribution in [2.45, 2.75) is 214 Å². The Kier molecular flexibility index (Phi) is 12.6. The minimum Gasteiger partial charge on any atom is -0.457 e. The Morgan fingerprint density at radius 1 is 0.905 bits per heavy atom. The number of morpholine rings is 1. The smallest absolute Gasteiger partial charge is 0.410 e. The number of carbonyl (C=O) groups is 2. The SMILES string of the molecule is CC[Si](CC)(CC)O[C@H]1[C@H]2O[C@@H]([C@H](OC(C)=O)C(C)(C)O)C[C@@H](C)[C@@H]2[C@@]2(C)CC[C@@]34C[C@@]35CC[C@H](O[C@H]3CN(CC6CN(C(=O)OC(C)(C)C)C6)CCO3)C(C)(C)[C@@H]5CC[C@H]4[C@]12C. The maximum Gasteiger partial charge on any atom is 0.410 e. The molecule has 360 valence electrons. The average Bonchev–Trinajstić information content (AvgIpc) is 3.80. The van der Waals surface area contributed by atoms with E-state index in [2.05, 4.69) is 60.3 Å². The Morgan fingerprint density at radius 3 is 2.17 bits per heavy atom. The minimum atomic E-state index is -2.10. The van der Waals surface area contributed by atoms with Crippen molar-refractivity contribution in [1.29, 1.82) is 0 Å². The molecule has 1 N–H and O–H groups in total. The Hall–Kier alpha value is -1.28. The minimum absolute atomic E-state index is 0.0177. The molecule has 12 heteroatoms. The van der Waals surface area contributed by atoms with Gasteiger partial charge in [-0.3, -0.25) is 9.69 Å². The second-order valence-electron chi connectivity index (χ2n) is 25.0. The van der Waals surface area contributed by atoms with E-state index in [4.69, 9.17) is 28.1 Å². The van der Waals surface area contributed by atoms with Crippen LogP contribution in [0.25, 0.3) is 0 Å². The van der Waals surface area contributed by atoms with Crippen LogP contribution in [0.3, 0.4) is 0 Å². The number of fused-ring (bicyclic) bond motifs is 4. The highest BCUT2D eigenvalue weighted by Crippen LogP contribution is 2.89. The van der Waals surface area contributed by atoms with Gasteiger partial charge in [0.25, 0.3) is 0 Å². The molecule has 8 aliphatic rings. The van der Waals surface area contributed by atoms with Gasteiger partial charge in [-0.2, -0.15) is 0 Å². The third-order valence-electron chi connectivity index (χ3n) is 19.9. The number of aliphatic hydroxyl groups is 1. The molecular weight excluding hydrogens is 813 g/mol. The van der Waals surface area contributed by atoms with E-state index in [1.807, 2.05) is 25.7 Å². The largest absolute Gasteiger partial charge is 0.457 e. The molecule has 14 atom stereocenters. The zero-order valence-electron chi connectivity index (χ0n) is 42.0. The second kappa shape index (κ2) is 16.5. The third kappa shape index (κ3) is 7.81. The van der Waals surface area contributed by atoms with Crippen LogP contribution in [0.1, 0.15) is 148 Å². The summed E-state index contributed by atoms with van der Waals surface area (Å²) >= 11 is 0. The van der Waals surface area contributed by atoms with Crippen molar-refractivity contribution in [1.82, 2.24) is 9.80 Å². The van der Waals surface area contributed by atoms with Crippen molar-refractivity contribution in [3.05, 3.63) is 0 Å². The molecule has 3 aliphatic heterocycles. The molecule has 63 heavy (non-hydrogen) atoms. The molecular formula is C51H88N2O9Si. The number of rotatable bonds is 12. The summed E-state index contributed by atoms with van der Waals surface area (Å²) in [6.07, 6.45) is 7.65. The molecule has 0 bridgehead atoms. The van der Waals surface area contributed by atoms with Crippen LogP contribution in [0.5, 0.6) is 0 Å². The monoisotopic (exact) mass is 901 g/mol. The number of nitrogens with zero attached hydrogens (tertiary/aromatic N) is 2. The van der Waals surface area contributed by atoms with E-state index in [-0.39, 0.29) is 52.9 Å². The van der Waals surface area contributed by atoms with Gasteiger partial charge in [0.05, 0.1) is 36.6 Å². The highest BCUT2D eigenvalue weighted by molar-refractivity contribution is 6.73. The quantitative estimate of drug-likeness (QED) is 0.150. The normalized spacial score (nSPS) is 43.0. The molecule has 0 aromatic rings. The lowest BCUT2D eigenvalue weighted by molar-refractivity contribution is -0.249. The summed E-state index contributed by atoms with van der Waals surface area (Å²) < 4.78 is 40.4. The van der Waals surface area contributed by atoms with Gasteiger partial charge in [0, 0.05) is 51.0 Å². The standard InChI is InChI=1S/C51H88N2O9Si/c1-15-63(16-2,17-3)62-43-41-40(32(4)26-35(59-41)42(47(11,12)56)58-33(5)54)48(13)22-23-51-31-50(51)21-20-38(46(9,10)36(50)18-19-37(51)49(43,48)14)60-39-30-52(24-25-57-39)27-34-28-53(29-34)44(55)61-45(6,7)8/h32,34-43,56H,15-31H2,1-14H3/t32-,35-,36+,37+,38+,39+,40+,41+,42+,43+,48-,49-,50-,51+/m1/s1. The van der Waals surface area contributed by atoms with Crippen LogP contribution in [-0.2, 0) is 32.9 Å². The Morgan fingerprint density at radius 2 is 1.56 bits per heavy atom. The first-order chi connectivity index (χ1) is 29.3. The lowest BCUT2D eigenvalue weighted by Gasteiger charge is -2.64. The van der Waals surface area contributed by atoms with Gasteiger partial charge in [0.2, 0.25) is 0 Å². The molecule has 8 fully saturated rings. The van der Waals surface area contributed by atoms with Gasteiger partial charge in [-0.15, -0.1) is 0 Å². The van der Waals surface area contributed by atoms with Gasteiger partial charge >= 0.3 is 12.1 Å². The number of hydrogen-bond donors (Lipinski definition) is 1. The van der Waals surface area contributed by atoms with Crippen molar-refractivity contribution >= 4 is 20.4 Å². The van der Waals surface area contributed by atoms with Crippen LogP contribution in [0.15, 0.2) is 0 Å². The summed E-state index contributed by atoms with van der Waals surface area (Å²) in [7, 11) is -2.10. The number of amides is 1. The number of hydrogen-bond acceptors (Lipinski definition) is 10. The first kappa shape index (κ1) is 48.2. The van der Waals surface area contributed by atoms with Crippen molar-refractivity contribution in [3.8, 4) is 0 Å². The van der Waals surface area contributed by atoms with E-state index < -0.39 is 31.7 Å². The summed E-state index contributed by atoms with van der Waals surface area (Å²) in [6, 6.07) is 3.27. The molecule has 5 saturated carbocycles. The van der Waals surface area contributed by atoms with Gasteiger partial charge in [0.15, 0.2) is 20.7 Å². The Bertz CT molecular complexity index is 1700. The highest BCUT2D eigenvalue weighted by Gasteiger charge is 2.85. The van der Waals surface area contributed by atoms with Crippen LogP contribution in [0, 0.1) is 56.7 Å². The molecule has 2 spiro atoms. The fraction of sp³-hybridized carbons (Fsp3) is 0.961. The molecule has 8 rings (SSSR count). The number of ether oxygens (including phenoxy) is 5. The van der Waals surface area contributed by atoms with Gasteiger partial charge in [-0.05, 0) is 149 Å². The van der Waals surface area contributed by atoms with Crippen LogP contribution in [0.4, 0.5) is 4.79 Å². The molecule has 0 unspecified atom stereocenters. The lowest BCUT2D eigenvalue weighted by Crippen LogP contribution is -2.61. The predicted octanol–water partition coefficient (Wildman–Crippen LogP) is 9.44. The maximum absolute atomic E-state index is 12.6. The number of esters is 1. The molecule has 0 aromatic heterocycles.